The van der Waals surface area contributed by atoms with Crippen LogP contribution in [0.1, 0.15) is 27.2 Å². The Morgan fingerprint density at radius 2 is 1.90 bits per heavy atom. The molecule has 3 rings (SSSR count). The second-order valence-corrected chi connectivity index (χ2v) is 8.74. The molecule has 1 aromatic carbocycles. The van der Waals surface area contributed by atoms with Crippen LogP contribution < -0.4 is 10.5 Å². The van der Waals surface area contributed by atoms with Gasteiger partial charge in [0.25, 0.3) is 11.5 Å². The van der Waals surface area contributed by atoms with E-state index in [1.807, 2.05) is 20.8 Å². The van der Waals surface area contributed by atoms with E-state index in [2.05, 4.69) is 0 Å². The fourth-order valence-corrected chi connectivity index (χ4v) is 3.46. The summed E-state index contributed by atoms with van der Waals surface area (Å²) in [6.07, 6.45) is -3.22. The summed E-state index contributed by atoms with van der Waals surface area (Å²) in [6, 6.07) is 8.34. The second kappa shape index (κ2) is 8.50. The van der Waals surface area contributed by atoms with Gasteiger partial charge in [0, 0.05) is 25.3 Å². The summed E-state index contributed by atoms with van der Waals surface area (Å²) in [7, 11) is 1.63. The summed E-state index contributed by atoms with van der Waals surface area (Å²) in [6.45, 7) is 5.73. The van der Waals surface area contributed by atoms with E-state index in [1.165, 1.54) is 15.5 Å². The molecule has 1 aliphatic heterocycles. The highest BCUT2D eigenvalue weighted by atomic mass is 16.6. The lowest BCUT2D eigenvalue weighted by atomic mass is 9.92. The molecule has 2 atom stereocenters. The number of hydrogen-bond acceptors (Lipinski definition) is 6. The van der Waals surface area contributed by atoms with Gasteiger partial charge >= 0.3 is 11.9 Å². The zero-order valence-corrected chi connectivity index (χ0v) is 18.0. The molecule has 0 unspecified atom stereocenters. The molecule has 0 bridgehead atoms. The number of pyridine rings is 1. The number of carbonyl (C=O) groups is 3. The molecule has 1 amide bonds. The highest BCUT2D eigenvalue weighted by Crippen LogP contribution is 2.26. The predicted molar refractivity (Wildman–Crippen MR) is 113 cm³/mol. The van der Waals surface area contributed by atoms with Crippen LogP contribution in [-0.2, 0) is 30.9 Å². The maximum atomic E-state index is 13.1. The van der Waals surface area contributed by atoms with Crippen molar-refractivity contribution in [2.45, 2.75) is 39.4 Å². The molecule has 2 aromatic rings. The first-order chi connectivity index (χ1) is 14.5. The molecule has 1 aromatic heterocycles. The maximum absolute atomic E-state index is 13.1. The monoisotopic (exact) mass is 430 g/mol. The standard InChI is InChI=1S/C22H26N2O7/c1-22(2,3)12-17(26)31-19(21(28)29)18-20(27)24(9-10-30-18)14-7-5-13-6-8-16(25)23(4)15(13)11-14/h5-8,11,18-19H,9-10,12H2,1-4H3,(H,28,29)/t18-,19-/m1/s1. The number of nitrogens with zero attached hydrogens (tertiary/aromatic N) is 2. The number of amides is 1. The van der Waals surface area contributed by atoms with Crippen molar-refractivity contribution in [1.82, 2.24) is 4.57 Å². The third-order valence-electron chi connectivity index (χ3n) is 5.00. The van der Waals surface area contributed by atoms with Crippen LogP contribution in [0.3, 0.4) is 0 Å². The number of aromatic nitrogens is 1. The molecule has 0 radical (unpaired) electrons. The van der Waals surface area contributed by atoms with Crippen LogP contribution >= 0.6 is 0 Å². The van der Waals surface area contributed by atoms with E-state index in [4.69, 9.17) is 9.47 Å². The van der Waals surface area contributed by atoms with Crippen molar-refractivity contribution in [2.24, 2.45) is 12.5 Å². The highest BCUT2D eigenvalue weighted by Gasteiger charge is 2.43. The van der Waals surface area contributed by atoms with E-state index in [1.54, 1.807) is 31.3 Å². The van der Waals surface area contributed by atoms with Gasteiger partial charge in [-0.25, -0.2) is 4.79 Å². The fourth-order valence-electron chi connectivity index (χ4n) is 3.46. The van der Waals surface area contributed by atoms with Gasteiger partial charge in [-0.05, 0) is 29.0 Å². The van der Waals surface area contributed by atoms with Gasteiger partial charge in [0.2, 0.25) is 6.10 Å². The summed E-state index contributed by atoms with van der Waals surface area (Å²) in [5, 5.41) is 10.4. The second-order valence-electron chi connectivity index (χ2n) is 8.74. The first-order valence-corrected chi connectivity index (χ1v) is 9.93. The normalized spacial score (nSPS) is 18.1. The molecule has 1 saturated heterocycles. The molecule has 2 heterocycles. The van der Waals surface area contributed by atoms with Crippen molar-refractivity contribution < 1.29 is 29.0 Å². The molecule has 31 heavy (non-hydrogen) atoms. The number of aryl methyl sites for hydroxylation is 1. The van der Waals surface area contributed by atoms with E-state index >= 15 is 0 Å². The minimum absolute atomic E-state index is 0.000107. The van der Waals surface area contributed by atoms with Crippen molar-refractivity contribution in [3.8, 4) is 0 Å². The van der Waals surface area contributed by atoms with E-state index in [0.717, 1.165) is 5.39 Å². The number of carboxylic acid groups (broad SMARTS) is 1. The fraction of sp³-hybridized carbons (Fsp3) is 0.455. The first-order valence-electron chi connectivity index (χ1n) is 9.93. The molecule has 9 heteroatoms. The molecule has 0 spiro atoms. The van der Waals surface area contributed by atoms with Crippen molar-refractivity contribution in [1.29, 1.82) is 0 Å². The Morgan fingerprint density at radius 3 is 2.55 bits per heavy atom. The Bertz CT molecular complexity index is 1080. The van der Waals surface area contributed by atoms with Gasteiger partial charge in [-0.1, -0.05) is 26.8 Å². The highest BCUT2D eigenvalue weighted by molar-refractivity contribution is 6.01. The van der Waals surface area contributed by atoms with Crippen molar-refractivity contribution in [3.05, 3.63) is 40.7 Å². The topological polar surface area (TPSA) is 115 Å². The molecule has 1 aliphatic rings. The van der Waals surface area contributed by atoms with Crippen LogP contribution in [0.15, 0.2) is 35.1 Å². The molecule has 1 N–H and O–H groups in total. The molecular formula is C22H26N2O7. The molecule has 0 aliphatic carbocycles. The average molecular weight is 430 g/mol. The number of hydrogen-bond donors (Lipinski definition) is 1. The maximum Gasteiger partial charge on any atom is 0.348 e. The van der Waals surface area contributed by atoms with Crippen LogP contribution in [0.25, 0.3) is 10.9 Å². The van der Waals surface area contributed by atoms with Gasteiger partial charge in [-0.2, -0.15) is 0 Å². The number of carbonyl (C=O) groups excluding carboxylic acids is 2. The minimum atomic E-state index is -1.75. The number of aliphatic carboxylic acids is 1. The Labute approximate surface area is 179 Å². The smallest absolute Gasteiger partial charge is 0.348 e. The summed E-state index contributed by atoms with van der Waals surface area (Å²) < 4.78 is 12.0. The van der Waals surface area contributed by atoms with Gasteiger partial charge in [0.05, 0.1) is 18.5 Å². The van der Waals surface area contributed by atoms with Crippen molar-refractivity contribution in [2.75, 3.05) is 18.1 Å². The largest absolute Gasteiger partial charge is 0.478 e. The lowest BCUT2D eigenvalue weighted by molar-refractivity contribution is -0.179. The number of rotatable bonds is 5. The number of carboxylic acids is 1. The average Bonchev–Trinajstić information content (AvgIpc) is 2.68. The van der Waals surface area contributed by atoms with Crippen molar-refractivity contribution in [3.63, 3.8) is 0 Å². The van der Waals surface area contributed by atoms with Gasteiger partial charge < -0.3 is 24.0 Å². The van der Waals surface area contributed by atoms with Gasteiger partial charge in [-0.3, -0.25) is 14.4 Å². The van der Waals surface area contributed by atoms with E-state index in [-0.39, 0.29) is 25.1 Å². The van der Waals surface area contributed by atoms with Gasteiger partial charge in [0.1, 0.15) is 0 Å². The van der Waals surface area contributed by atoms with Crippen LogP contribution in [0.5, 0.6) is 0 Å². The number of fused-ring (bicyclic) bond motifs is 1. The predicted octanol–water partition coefficient (Wildman–Crippen LogP) is 1.70. The molecule has 9 nitrogen and oxygen atoms in total. The van der Waals surface area contributed by atoms with Gasteiger partial charge in [0.15, 0.2) is 6.10 Å². The van der Waals surface area contributed by atoms with E-state index in [9.17, 15) is 24.3 Å². The Hall–Kier alpha value is -3.20. The zero-order chi connectivity index (χ0) is 22.9. The quantitative estimate of drug-likeness (QED) is 0.718. The zero-order valence-electron chi connectivity index (χ0n) is 18.0. The first kappa shape index (κ1) is 22.5. The third-order valence-corrected chi connectivity index (χ3v) is 5.00. The third kappa shape index (κ3) is 4.93. The van der Waals surface area contributed by atoms with Crippen LogP contribution in [0, 0.1) is 5.41 Å². The lowest BCUT2D eigenvalue weighted by Gasteiger charge is -2.34. The Morgan fingerprint density at radius 1 is 1.23 bits per heavy atom. The Kier molecular flexibility index (Phi) is 6.17. The van der Waals surface area contributed by atoms with E-state index < -0.39 is 35.5 Å². The summed E-state index contributed by atoms with van der Waals surface area (Å²) in [5.74, 6) is -2.79. The number of morpholine rings is 1. The number of esters is 1. The number of benzene rings is 1. The lowest BCUT2D eigenvalue weighted by Crippen LogP contribution is -2.55. The summed E-state index contributed by atoms with van der Waals surface area (Å²) in [5.41, 5.74) is 0.543. The SMILES string of the molecule is Cn1c(=O)ccc2ccc(N3CCO[C@H]([C@@H](OC(=O)CC(C)(C)C)C(=O)O)C3=O)cc21. The number of anilines is 1. The molecule has 1 fully saturated rings. The molecule has 166 valence electrons. The van der Waals surface area contributed by atoms with Crippen LogP contribution in [-0.4, -0.2) is 52.9 Å². The summed E-state index contributed by atoms with van der Waals surface area (Å²) >= 11 is 0. The van der Waals surface area contributed by atoms with Crippen LogP contribution in [0.2, 0.25) is 0 Å². The molecular weight excluding hydrogens is 404 g/mol. The van der Waals surface area contributed by atoms with Crippen LogP contribution in [0.4, 0.5) is 5.69 Å². The van der Waals surface area contributed by atoms with Crippen molar-refractivity contribution >= 4 is 34.4 Å². The summed E-state index contributed by atoms with van der Waals surface area (Å²) in [4.78, 5) is 50.4. The number of ether oxygens (including phenoxy) is 2. The van der Waals surface area contributed by atoms with E-state index in [0.29, 0.717) is 11.2 Å². The van der Waals surface area contributed by atoms with Gasteiger partial charge in [-0.15, -0.1) is 0 Å². The Balaban J connectivity index is 1.88. The molecule has 0 saturated carbocycles. The minimum Gasteiger partial charge on any atom is -0.478 e.